The van der Waals surface area contributed by atoms with Gasteiger partial charge in [-0.1, -0.05) is 18.2 Å². The number of anilines is 2. The second kappa shape index (κ2) is 6.50. The lowest BCUT2D eigenvalue weighted by molar-refractivity contribution is 0.0697. The van der Waals surface area contributed by atoms with Crippen LogP contribution in [0.4, 0.5) is 10.8 Å². The number of benzene rings is 2. The molecule has 2 aromatic carbocycles. The van der Waals surface area contributed by atoms with Gasteiger partial charge in [0.1, 0.15) is 5.75 Å². The summed E-state index contributed by atoms with van der Waals surface area (Å²) in [5.74, 6) is -0.177. The zero-order valence-corrected chi connectivity index (χ0v) is 13.1. The van der Waals surface area contributed by atoms with Gasteiger partial charge in [-0.2, -0.15) is 0 Å². The summed E-state index contributed by atoms with van der Waals surface area (Å²) in [5.41, 5.74) is 2.73. The maximum Gasteiger partial charge on any atom is 0.335 e. The normalized spacial score (nSPS) is 10.3. The lowest BCUT2D eigenvalue weighted by Crippen LogP contribution is -1.97. The molecule has 0 unspecified atom stereocenters. The highest BCUT2D eigenvalue weighted by atomic mass is 32.1. The van der Waals surface area contributed by atoms with Gasteiger partial charge in [0.2, 0.25) is 0 Å². The Balaban J connectivity index is 1.82. The third-order valence-electron chi connectivity index (χ3n) is 3.23. The lowest BCUT2D eigenvalue weighted by Gasteiger charge is -2.04. The Morgan fingerprint density at radius 1 is 1.22 bits per heavy atom. The van der Waals surface area contributed by atoms with Crippen LogP contribution < -0.4 is 10.1 Å². The van der Waals surface area contributed by atoms with Gasteiger partial charge in [0.15, 0.2) is 5.13 Å². The standard InChI is InChI=1S/C17H14N2O3S/c1-22-14-7-3-4-11(9-14)15-10-23-17(19-15)18-13-6-2-5-12(8-13)16(20)21/h2-10H,1H3,(H,18,19)(H,20,21). The zero-order valence-electron chi connectivity index (χ0n) is 12.3. The van der Waals surface area contributed by atoms with Crippen LogP contribution in [0.5, 0.6) is 5.75 Å². The van der Waals surface area contributed by atoms with Gasteiger partial charge in [0.25, 0.3) is 0 Å². The first-order chi connectivity index (χ1) is 11.2. The third kappa shape index (κ3) is 3.49. The van der Waals surface area contributed by atoms with Gasteiger partial charge in [0, 0.05) is 16.6 Å². The quantitative estimate of drug-likeness (QED) is 0.733. The number of rotatable bonds is 5. The molecule has 3 aromatic rings. The molecule has 23 heavy (non-hydrogen) atoms. The SMILES string of the molecule is COc1cccc(-c2csc(Nc3cccc(C(=O)O)c3)n2)c1. The summed E-state index contributed by atoms with van der Waals surface area (Å²) in [7, 11) is 1.63. The molecule has 1 heterocycles. The number of hydrogen-bond donors (Lipinski definition) is 2. The molecule has 0 aliphatic carbocycles. The number of carboxylic acid groups (broad SMARTS) is 1. The van der Waals surface area contributed by atoms with Crippen molar-refractivity contribution in [3.05, 3.63) is 59.5 Å². The summed E-state index contributed by atoms with van der Waals surface area (Å²) in [6.45, 7) is 0. The van der Waals surface area contributed by atoms with Crippen LogP contribution in [-0.4, -0.2) is 23.2 Å². The van der Waals surface area contributed by atoms with Crippen LogP contribution in [0, 0.1) is 0 Å². The Hall–Kier alpha value is -2.86. The first-order valence-corrected chi connectivity index (χ1v) is 7.74. The fraction of sp³-hybridized carbons (Fsp3) is 0.0588. The van der Waals surface area contributed by atoms with Crippen LogP contribution >= 0.6 is 11.3 Å². The summed E-state index contributed by atoms with van der Waals surface area (Å²) in [5, 5.41) is 14.8. The van der Waals surface area contributed by atoms with Crippen LogP contribution in [0.3, 0.4) is 0 Å². The van der Waals surface area contributed by atoms with Crippen LogP contribution in [0.15, 0.2) is 53.9 Å². The summed E-state index contributed by atoms with van der Waals surface area (Å²) in [4.78, 5) is 15.5. The van der Waals surface area contributed by atoms with Gasteiger partial charge in [-0.05, 0) is 30.3 Å². The highest BCUT2D eigenvalue weighted by Gasteiger charge is 2.07. The minimum Gasteiger partial charge on any atom is -0.497 e. The molecule has 0 aliphatic heterocycles. The van der Waals surface area contributed by atoms with E-state index in [1.807, 2.05) is 29.6 Å². The van der Waals surface area contributed by atoms with Gasteiger partial charge in [0.05, 0.1) is 18.4 Å². The van der Waals surface area contributed by atoms with E-state index in [0.29, 0.717) is 10.8 Å². The van der Waals surface area contributed by atoms with Crippen molar-refractivity contribution in [1.82, 2.24) is 4.98 Å². The molecule has 0 atom stereocenters. The topological polar surface area (TPSA) is 71.5 Å². The molecule has 1 aromatic heterocycles. The van der Waals surface area contributed by atoms with Crippen LogP contribution in [-0.2, 0) is 0 Å². The second-order valence-corrected chi connectivity index (χ2v) is 5.64. The van der Waals surface area contributed by atoms with Gasteiger partial charge in [-0.25, -0.2) is 9.78 Å². The number of carbonyl (C=O) groups is 1. The Bertz CT molecular complexity index is 845. The van der Waals surface area contributed by atoms with E-state index in [0.717, 1.165) is 17.0 Å². The molecular weight excluding hydrogens is 312 g/mol. The summed E-state index contributed by atoms with van der Waals surface area (Å²) < 4.78 is 5.22. The number of ether oxygens (including phenoxy) is 1. The predicted molar refractivity (Wildman–Crippen MR) is 90.8 cm³/mol. The van der Waals surface area contributed by atoms with Gasteiger partial charge >= 0.3 is 5.97 Å². The van der Waals surface area contributed by atoms with E-state index < -0.39 is 5.97 Å². The van der Waals surface area contributed by atoms with Crippen molar-refractivity contribution >= 4 is 28.1 Å². The monoisotopic (exact) mass is 326 g/mol. The molecule has 0 fully saturated rings. The number of nitrogens with one attached hydrogen (secondary N) is 1. The molecule has 0 saturated heterocycles. The molecule has 5 nitrogen and oxygen atoms in total. The van der Waals surface area contributed by atoms with Crippen molar-refractivity contribution in [2.75, 3.05) is 12.4 Å². The van der Waals surface area contributed by atoms with Gasteiger partial charge in [-0.15, -0.1) is 11.3 Å². The number of aromatic carboxylic acids is 1. The average molecular weight is 326 g/mol. The molecule has 0 spiro atoms. The lowest BCUT2D eigenvalue weighted by atomic mass is 10.2. The first-order valence-electron chi connectivity index (χ1n) is 6.86. The van der Waals surface area contributed by atoms with E-state index in [1.54, 1.807) is 31.4 Å². The van der Waals surface area contributed by atoms with E-state index in [-0.39, 0.29) is 5.56 Å². The Morgan fingerprint density at radius 2 is 2.04 bits per heavy atom. The van der Waals surface area contributed by atoms with E-state index in [4.69, 9.17) is 9.84 Å². The van der Waals surface area contributed by atoms with Crippen molar-refractivity contribution in [2.45, 2.75) is 0 Å². The van der Waals surface area contributed by atoms with E-state index >= 15 is 0 Å². The zero-order chi connectivity index (χ0) is 16.2. The van der Waals surface area contributed by atoms with E-state index in [2.05, 4.69) is 10.3 Å². The molecular formula is C17H14N2O3S. The summed E-state index contributed by atoms with van der Waals surface area (Å²) >= 11 is 1.46. The fourth-order valence-corrected chi connectivity index (χ4v) is 2.84. The highest BCUT2D eigenvalue weighted by Crippen LogP contribution is 2.29. The number of thiazole rings is 1. The Labute approximate surface area is 137 Å². The molecule has 0 amide bonds. The van der Waals surface area contributed by atoms with E-state index in [9.17, 15) is 4.79 Å². The number of hydrogen-bond acceptors (Lipinski definition) is 5. The largest absolute Gasteiger partial charge is 0.497 e. The second-order valence-electron chi connectivity index (χ2n) is 4.78. The van der Waals surface area contributed by atoms with Crippen molar-refractivity contribution in [2.24, 2.45) is 0 Å². The minimum absolute atomic E-state index is 0.236. The molecule has 116 valence electrons. The maximum atomic E-state index is 11.0. The van der Waals surface area contributed by atoms with Crippen molar-refractivity contribution < 1.29 is 14.6 Å². The molecule has 6 heteroatoms. The first kappa shape index (κ1) is 15.1. The van der Waals surface area contributed by atoms with Gasteiger partial charge in [-0.3, -0.25) is 0 Å². The number of methoxy groups -OCH3 is 1. The molecule has 0 saturated carbocycles. The van der Waals surface area contributed by atoms with Gasteiger partial charge < -0.3 is 15.2 Å². The number of carboxylic acids is 1. The molecule has 0 radical (unpaired) electrons. The predicted octanol–water partition coefficient (Wildman–Crippen LogP) is 4.26. The summed E-state index contributed by atoms with van der Waals surface area (Å²) in [6, 6.07) is 14.3. The van der Waals surface area contributed by atoms with Crippen LogP contribution in [0.1, 0.15) is 10.4 Å². The fourth-order valence-electron chi connectivity index (χ4n) is 2.10. The summed E-state index contributed by atoms with van der Waals surface area (Å²) in [6.07, 6.45) is 0. The molecule has 3 rings (SSSR count). The Morgan fingerprint density at radius 3 is 2.83 bits per heavy atom. The highest BCUT2D eigenvalue weighted by molar-refractivity contribution is 7.14. The average Bonchev–Trinajstić information content (AvgIpc) is 3.03. The van der Waals surface area contributed by atoms with Crippen molar-refractivity contribution in [3.63, 3.8) is 0 Å². The minimum atomic E-state index is -0.954. The van der Waals surface area contributed by atoms with E-state index in [1.165, 1.54) is 11.3 Å². The van der Waals surface area contributed by atoms with Crippen molar-refractivity contribution in [3.8, 4) is 17.0 Å². The maximum absolute atomic E-state index is 11.0. The molecule has 0 aliphatic rings. The Kier molecular flexibility index (Phi) is 4.25. The number of nitrogens with zero attached hydrogens (tertiary/aromatic N) is 1. The number of aromatic nitrogens is 1. The van der Waals surface area contributed by atoms with Crippen molar-refractivity contribution in [1.29, 1.82) is 0 Å². The third-order valence-corrected chi connectivity index (χ3v) is 3.99. The van der Waals surface area contributed by atoms with Crippen LogP contribution in [0.2, 0.25) is 0 Å². The molecule has 2 N–H and O–H groups in total. The molecule has 0 bridgehead atoms. The smallest absolute Gasteiger partial charge is 0.335 e. The van der Waals surface area contributed by atoms with Crippen LogP contribution in [0.25, 0.3) is 11.3 Å².